The molecule has 1 aromatic carbocycles. The van der Waals surface area contributed by atoms with Crippen LogP contribution in [0.3, 0.4) is 0 Å². The average Bonchev–Trinajstić information content (AvgIpc) is 2.30. The Hall–Kier alpha value is -1.55. The number of carbonyl (C=O) groups is 2. The third-order valence-corrected chi connectivity index (χ3v) is 2.71. The van der Waals surface area contributed by atoms with Gasteiger partial charge >= 0.3 is 5.97 Å². The fourth-order valence-corrected chi connectivity index (χ4v) is 1.59. The first-order valence-electron chi connectivity index (χ1n) is 5.30. The van der Waals surface area contributed by atoms with Crippen molar-refractivity contribution in [2.45, 2.75) is 25.8 Å². The maximum atomic E-state index is 11.2. The molecule has 0 aliphatic heterocycles. The summed E-state index contributed by atoms with van der Waals surface area (Å²) in [7, 11) is 0. The number of hydrogen-bond donors (Lipinski definition) is 2. The standard InChI is InChI=1S/C12H14ClNO3/c1-2-11(15)14-10(12(16)17)7-8-5-3-4-6-9(8)13/h3-6,10H,2,7H2,1H3,(H,14,15)(H,16,17). The second kappa shape index (κ2) is 6.25. The van der Waals surface area contributed by atoms with Crippen molar-refractivity contribution < 1.29 is 14.7 Å². The summed E-state index contributed by atoms with van der Waals surface area (Å²) < 4.78 is 0. The molecule has 0 bridgehead atoms. The van der Waals surface area contributed by atoms with E-state index >= 15 is 0 Å². The zero-order chi connectivity index (χ0) is 12.8. The van der Waals surface area contributed by atoms with Crippen molar-refractivity contribution in [2.24, 2.45) is 0 Å². The van der Waals surface area contributed by atoms with Gasteiger partial charge in [0.15, 0.2) is 0 Å². The van der Waals surface area contributed by atoms with Gasteiger partial charge < -0.3 is 10.4 Å². The molecule has 0 heterocycles. The lowest BCUT2D eigenvalue weighted by Crippen LogP contribution is -2.42. The molecule has 0 aliphatic rings. The summed E-state index contributed by atoms with van der Waals surface area (Å²) in [5.74, 6) is -1.35. The van der Waals surface area contributed by atoms with Crippen molar-refractivity contribution in [3.63, 3.8) is 0 Å². The van der Waals surface area contributed by atoms with Crippen LogP contribution < -0.4 is 5.32 Å². The van der Waals surface area contributed by atoms with Crippen LogP contribution in [0.1, 0.15) is 18.9 Å². The Labute approximate surface area is 105 Å². The number of rotatable bonds is 5. The van der Waals surface area contributed by atoms with E-state index in [1.807, 2.05) is 0 Å². The van der Waals surface area contributed by atoms with Crippen LogP contribution in [-0.4, -0.2) is 23.0 Å². The predicted molar refractivity (Wildman–Crippen MR) is 65.0 cm³/mol. The molecule has 1 aromatic rings. The van der Waals surface area contributed by atoms with Crippen molar-refractivity contribution in [2.75, 3.05) is 0 Å². The molecule has 5 heteroatoms. The van der Waals surface area contributed by atoms with Crippen LogP contribution in [-0.2, 0) is 16.0 Å². The third kappa shape index (κ3) is 4.07. The van der Waals surface area contributed by atoms with Crippen LogP contribution in [0.5, 0.6) is 0 Å². The monoisotopic (exact) mass is 255 g/mol. The minimum atomic E-state index is -1.06. The molecule has 0 saturated carbocycles. The first-order valence-corrected chi connectivity index (χ1v) is 5.68. The van der Waals surface area contributed by atoms with E-state index in [1.165, 1.54) is 0 Å². The molecule has 1 rings (SSSR count). The number of hydrogen-bond acceptors (Lipinski definition) is 2. The number of carboxylic acid groups (broad SMARTS) is 1. The third-order valence-electron chi connectivity index (χ3n) is 2.34. The van der Waals surface area contributed by atoms with Crippen LogP contribution in [0.25, 0.3) is 0 Å². The van der Waals surface area contributed by atoms with Crippen LogP contribution in [0.4, 0.5) is 0 Å². The molecule has 0 saturated heterocycles. The number of benzene rings is 1. The quantitative estimate of drug-likeness (QED) is 0.844. The number of carbonyl (C=O) groups excluding carboxylic acids is 1. The van der Waals surface area contributed by atoms with E-state index in [9.17, 15) is 9.59 Å². The van der Waals surface area contributed by atoms with Crippen molar-refractivity contribution in [3.8, 4) is 0 Å². The summed E-state index contributed by atoms with van der Waals surface area (Å²) in [5, 5.41) is 12.0. The molecular weight excluding hydrogens is 242 g/mol. The molecule has 1 atom stereocenters. The number of carboxylic acids is 1. The van der Waals surface area contributed by atoms with Gasteiger partial charge in [0.05, 0.1) is 0 Å². The highest BCUT2D eigenvalue weighted by atomic mass is 35.5. The fraction of sp³-hybridized carbons (Fsp3) is 0.333. The van der Waals surface area contributed by atoms with Gasteiger partial charge in [-0.25, -0.2) is 4.79 Å². The van der Waals surface area contributed by atoms with Crippen LogP contribution in [0.15, 0.2) is 24.3 Å². The zero-order valence-corrected chi connectivity index (χ0v) is 10.2. The van der Waals surface area contributed by atoms with E-state index in [2.05, 4.69) is 5.32 Å². The first kappa shape index (κ1) is 13.5. The Kier molecular flexibility index (Phi) is 4.97. The van der Waals surface area contributed by atoms with Gasteiger partial charge in [0.2, 0.25) is 5.91 Å². The Bertz CT molecular complexity index is 420. The van der Waals surface area contributed by atoms with Gasteiger partial charge in [-0.15, -0.1) is 0 Å². The highest BCUT2D eigenvalue weighted by molar-refractivity contribution is 6.31. The summed E-state index contributed by atoms with van der Waals surface area (Å²) >= 11 is 5.94. The molecule has 0 radical (unpaired) electrons. The maximum Gasteiger partial charge on any atom is 0.326 e. The largest absolute Gasteiger partial charge is 0.480 e. The number of amides is 1. The van der Waals surface area contributed by atoms with E-state index in [1.54, 1.807) is 31.2 Å². The average molecular weight is 256 g/mol. The summed E-state index contributed by atoms with van der Waals surface area (Å²) in [6.45, 7) is 1.67. The number of halogens is 1. The molecule has 4 nitrogen and oxygen atoms in total. The van der Waals surface area contributed by atoms with E-state index < -0.39 is 12.0 Å². The van der Waals surface area contributed by atoms with Crippen molar-refractivity contribution >= 4 is 23.5 Å². The molecule has 17 heavy (non-hydrogen) atoms. The fourth-order valence-electron chi connectivity index (χ4n) is 1.38. The number of nitrogens with one attached hydrogen (secondary N) is 1. The van der Waals surface area contributed by atoms with E-state index in [-0.39, 0.29) is 18.7 Å². The molecule has 0 aromatic heterocycles. The SMILES string of the molecule is CCC(=O)NC(Cc1ccccc1Cl)C(=O)O. The van der Waals surface area contributed by atoms with Crippen molar-refractivity contribution in [1.82, 2.24) is 5.32 Å². The minimum Gasteiger partial charge on any atom is -0.480 e. The van der Waals surface area contributed by atoms with Gasteiger partial charge in [0.25, 0.3) is 0 Å². The van der Waals surface area contributed by atoms with Crippen LogP contribution >= 0.6 is 11.6 Å². The smallest absolute Gasteiger partial charge is 0.326 e. The molecule has 1 unspecified atom stereocenters. The Morgan fingerprint density at radius 3 is 2.59 bits per heavy atom. The van der Waals surface area contributed by atoms with Gasteiger partial charge in [0.1, 0.15) is 6.04 Å². The van der Waals surface area contributed by atoms with Gasteiger partial charge in [-0.2, -0.15) is 0 Å². The topological polar surface area (TPSA) is 66.4 Å². The molecule has 0 fully saturated rings. The van der Waals surface area contributed by atoms with E-state index in [4.69, 9.17) is 16.7 Å². The Morgan fingerprint density at radius 2 is 2.06 bits per heavy atom. The van der Waals surface area contributed by atoms with Gasteiger partial charge in [-0.3, -0.25) is 4.79 Å². The molecule has 0 aliphatic carbocycles. The van der Waals surface area contributed by atoms with E-state index in [0.29, 0.717) is 10.6 Å². The van der Waals surface area contributed by atoms with E-state index in [0.717, 1.165) is 0 Å². The lowest BCUT2D eigenvalue weighted by atomic mass is 10.1. The molecular formula is C12H14ClNO3. The number of aliphatic carboxylic acids is 1. The zero-order valence-electron chi connectivity index (χ0n) is 9.44. The maximum absolute atomic E-state index is 11.2. The lowest BCUT2D eigenvalue weighted by molar-refractivity contribution is -0.141. The second-order valence-corrected chi connectivity index (χ2v) is 4.01. The van der Waals surface area contributed by atoms with Gasteiger partial charge in [-0.1, -0.05) is 36.7 Å². The predicted octanol–water partition coefficient (Wildman–Crippen LogP) is 1.86. The summed E-state index contributed by atoms with van der Waals surface area (Å²) in [5.41, 5.74) is 0.706. The Balaban J connectivity index is 2.77. The normalized spacial score (nSPS) is 11.9. The summed E-state index contributed by atoms with van der Waals surface area (Å²) in [4.78, 5) is 22.2. The summed E-state index contributed by atoms with van der Waals surface area (Å²) in [6.07, 6.45) is 0.438. The highest BCUT2D eigenvalue weighted by Gasteiger charge is 2.20. The van der Waals surface area contributed by atoms with Gasteiger partial charge in [-0.05, 0) is 11.6 Å². The van der Waals surface area contributed by atoms with Crippen LogP contribution in [0, 0.1) is 0 Å². The lowest BCUT2D eigenvalue weighted by Gasteiger charge is -2.14. The highest BCUT2D eigenvalue weighted by Crippen LogP contribution is 2.16. The van der Waals surface area contributed by atoms with Crippen molar-refractivity contribution in [1.29, 1.82) is 0 Å². The second-order valence-electron chi connectivity index (χ2n) is 3.61. The van der Waals surface area contributed by atoms with Gasteiger partial charge in [0, 0.05) is 17.9 Å². The molecule has 0 spiro atoms. The first-order chi connectivity index (χ1) is 8.04. The molecule has 1 amide bonds. The Morgan fingerprint density at radius 1 is 1.41 bits per heavy atom. The van der Waals surface area contributed by atoms with Crippen molar-refractivity contribution in [3.05, 3.63) is 34.9 Å². The van der Waals surface area contributed by atoms with Crippen LogP contribution in [0.2, 0.25) is 5.02 Å². The minimum absolute atomic E-state index is 0.181. The summed E-state index contributed by atoms with van der Waals surface area (Å²) in [6, 6.07) is 6.05. The molecule has 2 N–H and O–H groups in total. The molecule has 92 valence electrons.